The lowest BCUT2D eigenvalue weighted by molar-refractivity contribution is -0.122. The molecular formula is C26H18N4O4S2. The summed E-state index contributed by atoms with van der Waals surface area (Å²) >= 11 is 2.59. The molecule has 2 N–H and O–H groups in total. The smallest absolute Gasteiger partial charge is 0.266 e. The van der Waals surface area contributed by atoms with E-state index in [0.29, 0.717) is 22.7 Å². The van der Waals surface area contributed by atoms with Crippen LogP contribution in [0.4, 0.5) is 22.7 Å². The molecule has 3 aromatic rings. The topological polar surface area (TPSA) is 98.8 Å². The molecule has 7 rings (SSSR count). The van der Waals surface area contributed by atoms with Crippen molar-refractivity contribution < 1.29 is 19.2 Å². The number of hydrogen-bond acceptors (Lipinski definition) is 6. The van der Waals surface area contributed by atoms with Gasteiger partial charge in [0.1, 0.15) is 0 Å². The molecule has 0 aromatic heterocycles. The van der Waals surface area contributed by atoms with E-state index in [1.54, 1.807) is 24.3 Å². The Hall–Kier alpha value is -3.76. The molecule has 2 fully saturated rings. The van der Waals surface area contributed by atoms with Gasteiger partial charge in [-0.15, -0.1) is 23.5 Å². The van der Waals surface area contributed by atoms with E-state index in [0.717, 1.165) is 11.1 Å². The molecule has 0 bridgehead atoms. The summed E-state index contributed by atoms with van der Waals surface area (Å²) in [7, 11) is 0. The average molecular weight is 515 g/mol. The first kappa shape index (κ1) is 21.5. The van der Waals surface area contributed by atoms with E-state index >= 15 is 0 Å². The summed E-state index contributed by atoms with van der Waals surface area (Å²) in [6.45, 7) is 0. The maximum absolute atomic E-state index is 13.2. The molecule has 178 valence electrons. The zero-order valence-electron chi connectivity index (χ0n) is 18.7. The second-order valence-corrected chi connectivity index (χ2v) is 11.2. The summed E-state index contributed by atoms with van der Waals surface area (Å²) in [6.07, 6.45) is 0. The number of amides is 4. The van der Waals surface area contributed by atoms with Crippen molar-refractivity contribution in [2.24, 2.45) is 0 Å². The van der Waals surface area contributed by atoms with E-state index in [9.17, 15) is 19.2 Å². The largest absolute Gasteiger partial charge is 0.323 e. The highest BCUT2D eigenvalue weighted by molar-refractivity contribution is 8.02. The van der Waals surface area contributed by atoms with E-state index in [1.165, 1.54) is 33.3 Å². The Morgan fingerprint density at radius 3 is 1.39 bits per heavy atom. The van der Waals surface area contributed by atoms with Crippen molar-refractivity contribution >= 4 is 69.9 Å². The van der Waals surface area contributed by atoms with Crippen molar-refractivity contribution in [2.45, 2.75) is 9.74 Å². The van der Waals surface area contributed by atoms with Gasteiger partial charge in [-0.05, 0) is 36.4 Å². The fourth-order valence-corrected chi connectivity index (χ4v) is 8.14. The van der Waals surface area contributed by atoms with Crippen LogP contribution in [0.15, 0.2) is 72.8 Å². The van der Waals surface area contributed by atoms with Crippen LogP contribution < -0.4 is 20.4 Å². The van der Waals surface area contributed by atoms with Crippen molar-refractivity contribution in [3.8, 4) is 0 Å². The van der Waals surface area contributed by atoms with Gasteiger partial charge in [-0.3, -0.25) is 29.0 Å². The van der Waals surface area contributed by atoms with Crippen LogP contribution in [0.3, 0.4) is 0 Å². The Morgan fingerprint density at radius 1 is 0.583 bits per heavy atom. The van der Waals surface area contributed by atoms with Gasteiger partial charge in [0.05, 0.1) is 11.5 Å². The first-order valence-corrected chi connectivity index (χ1v) is 13.3. The van der Waals surface area contributed by atoms with Crippen LogP contribution in [0, 0.1) is 0 Å². The van der Waals surface area contributed by atoms with E-state index in [4.69, 9.17) is 0 Å². The van der Waals surface area contributed by atoms with Gasteiger partial charge < -0.3 is 10.6 Å². The van der Waals surface area contributed by atoms with Crippen molar-refractivity contribution in [3.63, 3.8) is 0 Å². The van der Waals surface area contributed by atoms with E-state index in [2.05, 4.69) is 10.6 Å². The third kappa shape index (κ3) is 2.57. The van der Waals surface area contributed by atoms with Crippen molar-refractivity contribution in [1.82, 2.24) is 0 Å². The molecular weight excluding hydrogens is 496 g/mol. The Kier molecular flexibility index (Phi) is 4.41. The van der Waals surface area contributed by atoms with Gasteiger partial charge >= 0.3 is 0 Å². The number of para-hydroxylation sites is 2. The van der Waals surface area contributed by atoms with Gasteiger partial charge in [0.2, 0.25) is 21.6 Å². The summed E-state index contributed by atoms with van der Waals surface area (Å²) in [5.41, 5.74) is 3.98. The van der Waals surface area contributed by atoms with Crippen molar-refractivity contribution in [3.05, 3.63) is 83.9 Å². The van der Waals surface area contributed by atoms with Crippen molar-refractivity contribution in [1.29, 1.82) is 0 Å². The van der Waals surface area contributed by atoms with Crippen LogP contribution >= 0.6 is 23.5 Å². The number of thioether (sulfide) groups is 2. The van der Waals surface area contributed by atoms with Crippen LogP contribution in [0.2, 0.25) is 0 Å². The Labute approximate surface area is 214 Å². The number of nitrogens with one attached hydrogen (secondary N) is 2. The lowest BCUT2D eigenvalue weighted by Gasteiger charge is -2.34. The van der Waals surface area contributed by atoms with Crippen LogP contribution in [0.5, 0.6) is 0 Å². The number of rotatable bonds is 2. The molecule has 10 heteroatoms. The zero-order chi connectivity index (χ0) is 24.7. The monoisotopic (exact) mass is 514 g/mol. The third-order valence-electron chi connectivity index (χ3n) is 7.00. The van der Waals surface area contributed by atoms with Gasteiger partial charge in [0.15, 0.2) is 0 Å². The predicted molar refractivity (Wildman–Crippen MR) is 140 cm³/mol. The third-order valence-corrected chi connectivity index (χ3v) is 9.79. The molecule has 4 heterocycles. The minimum Gasteiger partial charge on any atom is -0.323 e. The van der Waals surface area contributed by atoms with Gasteiger partial charge in [0, 0.05) is 33.9 Å². The first-order chi connectivity index (χ1) is 17.5. The minimum atomic E-state index is -1.18. The van der Waals surface area contributed by atoms with Crippen LogP contribution in [-0.2, 0) is 28.9 Å². The molecule has 36 heavy (non-hydrogen) atoms. The van der Waals surface area contributed by atoms with Crippen LogP contribution in [0.1, 0.15) is 11.1 Å². The number of hydrogen-bond donors (Lipinski definition) is 2. The standard InChI is InChI=1S/C26H18N4O4S2/c31-21-13-35-25(17-5-1-3-7-19(17)27-23(25)33)29(21)15-9-11-16(12-10-15)30-22(32)14-36-26(30)18-6-2-4-8-20(18)28-24(26)34/h1-12H,13-14H2,(H,27,33)(H,28,34). The second kappa shape index (κ2) is 7.37. The van der Waals surface area contributed by atoms with Gasteiger partial charge in [0.25, 0.3) is 11.8 Å². The zero-order valence-corrected chi connectivity index (χ0v) is 20.3. The van der Waals surface area contributed by atoms with E-state index in [1.807, 2.05) is 48.5 Å². The molecule has 2 spiro atoms. The molecule has 0 saturated carbocycles. The molecule has 0 radical (unpaired) electrons. The highest BCUT2D eigenvalue weighted by Gasteiger charge is 2.60. The molecule has 8 nitrogen and oxygen atoms in total. The van der Waals surface area contributed by atoms with Crippen LogP contribution in [0.25, 0.3) is 0 Å². The van der Waals surface area contributed by atoms with E-state index in [-0.39, 0.29) is 35.1 Å². The highest BCUT2D eigenvalue weighted by atomic mass is 32.2. The maximum atomic E-state index is 13.2. The molecule has 4 aliphatic heterocycles. The number of fused-ring (bicyclic) bond motifs is 4. The molecule has 4 aliphatic rings. The highest BCUT2D eigenvalue weighted by Crippen LogP contribution is 2.55. The SMILES string of the molecule is O=C1CSC2(C(=O)Nc3ccccc32)N1c1ccc(N2C(=O)CSC23C(=O)Nc2ccccc23)cc1. The molecule has 3 aromatic carbocycles. The maximum Gasteiger partial charge on any atom is 0.266 e. The number of nitrogens with zero attached hydrogens (tertiary/aromatic N) is 2. The number of carbonyl (C=O) groups is 4. The number of anilines is 4. The summed E-state index contributed by atoms with van der Waals surface area (Å²) in [4.78, 5) is 53.3. The molecule has 4 amide bonds. The summed E-state index contributed by atoms with van der Waals surface area (Å²) in [5, 5.41) is 5.81. The van der Waals surface area contributed by atoms with Gasteiger partial charge in [-0.25, -0.2) is 0 Å². The van der Waals surface area contributed by atoms with E-state index < -0.39 is 9.74 Å². The van der Waals surface area contributed by atoms with Crippen LogP contribution in [-0.4, -0.2) is 35.1 Å². The normalized spacial score (nSPS) is 26.1. The van der Waals surface area contributed by atoms with Gasteiger partial charge in [-0.2, -0.15) is 0 Å². The Morgan fingerprint density at radius 2 is 0.972 bits per heavy atom. The fraction of sp³-hybridized carbons (Fsp3) is 0.154. The lowest BCUT2D eigenvalue weighted by atomic mass is 10.0. The Bertz CT molecular complexity index is 1400. The summed E-state index contributed by atoms with van der Waals surface area (Å²) in [6, 6.07) is 21.7. The number of benzene rings is 3. The molecule has 0 aliphatic carbocycles. The fourth-order valence-electron chi connectivity index (χ4n) is 5.51. The summed E-state index contributed by atoms with van der Waals surface area (Å²) < 4.78 is 0. The minimum absolute atomic E-state index is 0.171. The van der Waals surface area contributed by atoms with Crippen molar-refractivity contribution in [2.75, 3.05) is 31.9 Å². The first-order valence-electron chi connectivity index (χ1n) is 11.3. The molecule has 2 unspecified atom stereocenters. The number of carbonyl (C=O) groups excluding carboxylic acids is 4. The second-order valence-electron chi connectivity index (χ2n) is 8.84. The molecule has 2 atom stereocenters. The predicted octanol–water partition coefficient (Wildman–Crippen LogP) is 3.46. The summed E-state index contributed by atoms with van der Waals surface area (Å²) in [5.74, 6) is -0.517. The average Bonchev–Trinajstić information content (AvgIpc) is 3.59. The lowest BCUT2D eigenvalue weighted by Crippen LogP contribution is -2.47. The Balaban J connectivity index is 1.30. The van der Waals surface area contributed by atoms with Gasteiger partial charge in [-0.1, -0.05) is 36.4 Å². The quantitative estimate of drug-likeness (QED) is 0.544. The molecule has 2 saturated heterocycles.